The molecular formula is C24H27ClN4O5. The van der Waals surface area contributed by atoms with Crippen LogP contribution in [0, 0.1) is 5.92 Å². The molecule has 34 heavy (non-hydrogen) atoms. The van der Waals surface area contributed by atoms with Crippen LogP contribution in [0.1, 0.15) is 18.2 Å². The summed E-state index contributed by atoms with van der Waals surface area (Å²) in [7, 11) is 1.59. The number of aliphatic imine (C=N–C) groups is 1. The van der Waals surface area contributed by atoms with Crippen molar-refractivity contribution in [3.63, 3.8) is 0 Å². The molecule has 9 nitrogen and oxygen atoms in total. The zero-order chi connectivity index (χ0) is 24.7. The van der Waals surface area contributed by atoms with E-state index in [1.54, 1.807) is 55.6 Å². The molecule has 3 N–H and O–H groups in total. The summed E-state index contributed by atoms with van der Waals surface area (Å²) >= 11 is 5.96. The molecule has 3 amide bonds. The number of nitrogens with one attached hydrogen (secondary N) is 1. The average molecular weight is 487 g/mol. The number of furan rings is 1. The fourth-order valence-corrected chi connectivity index (χ4v) is 3.39. The molecule has 3 rings (SSSR count). The Bertz CT molecular complexity index is 1160. The molecular weight excluding hydrogens is 460 g/mol. The van der Waals surface area contributed by atoms with E-state index in [1.807, 2.05) is 6.92 Å². The van der Waals surface area contributed by atoms with Gasteiger partial charge in [0.2, 0.25) is 12.4 Å². The topological polar surface area (TPSA) is 119 Å². The van der Waals surface area contributed by atoms with Crippen LogP contribution in [-0.2, 0) is 17.9 Å². The lowest BCUT2D eigenvalue weighted by molar-refractivity contribution is -0.115. The summed E-state index contributed by atoms with van der Waals surface area (Å²) in [5, 5.41) is 22.6. The minimum atomic E-state index is -0.478. The summed E-state index contributed by atoms with van der Waals surface area (Å²) in [5.41, 5.74) is 1.85. The van der Waals surface area contributed by atoms with Crippen molar-refractivity contribution in [1.29, 1.82) is 0 Å². The zero-order valence-corrected chi connectivity index (χ0v) is 19.7. The van der Waals surface area contributed by atoms with Gasteiger partial charge in [0.15, 0.2) is 0 Å². The molecule has 0 aliphatic heterocycles. The number of amides is 3. The van der Waals surface area contributed by atoms with E-state index >= 15 is 0 Å². The number of benzene rings is 2. The monoisotopic (exact) mass is 486 g/mol. The molecule has 0 bridgehead atoms. The van der Waals surface area contributed by atoms with E-state index in [4.69, 9.17) is 16.0 Å². The third-order valence-electron chi connectivity index (χ3n) is 5.07. The molecule has 1 aromatic heterocycles. The van der Waals surface area contributed by atoms with Crippen molar-refractivity contribution in [2.75, 3.05) is 20.2 Å². The van der Waals surface area contributed by atoms with Crippen LogP contribution >= 0.6 is 11.6 Å². The van der Waals surface area contributed by atoms with Gasteiger partial charge in [0.25, 0.3) is 0 Å². The van der Waals surface area contributed by atoms with Crippen LogP contribution in [0.4, 0.5) is 10.5 Å². The van der Waals surface area contributed by atoms with E-state index in [1.165, 1.54) is 9.80 Å². The van der Waals surface area contributed by atoms with E-state index < -0.39 is 6.03 Å². The van der Waals surface area contributed by atoms with Crippen molar-refractivity contribution >= 4 is 46.7 Å². The van der Waals surface area contributed by atoms with Gasteiger partial charge in [0.1, 0.15) is 18.0 Å². The standard InChI is InChI=1S/C24H27ClN4O5/c1-16(13-30)11-28(2)24(33)27-23(29(15-32)12-17-3-5-19(25)6-4-17)26-20-7-8-22-18(9-20)10-21(14-31)34-22/h3-10,15-16,30-31H,11-14H2,1-2H3,(H,26,27,33). The van der Waals surface area contributed by atoms with Crippen LogP contribution in [-0.4, -0.2) is 58.6 Å². The number of rotatable bonds is 8. The quantitative estimate of drug-likeness (QED) is 0.256. The number of nitrogens with zero attached hydrogens (tertiary/aromatic N) is 3. The fourth-order valence-electron chi connectivity index (χ4n) is 3.27. The van der Waals surface area contributed by atoms with Gasteiger partial charge < -0.3 is 19.5 Å². The molecule has 0 aliphatic carbocycles. The highest BCUT2D eigenvalue weighted by atomic mass is 35.5. The van der Waals surface area contributed by atoms with Gasteiger partial charge in [-0.2, -0.15) is 0 Å². The molecule has 2 aromatic carbocycles. The van der Waals surface area contributed by atoms with Crippen LogP contribution in [0.3, 0.4) is 0 Å². The number of guanidine groups is 1. The Morgan fingerprint density at radius 2 is 1.94 bits per heavy atom. The van der Waals surface area contributed by atoms with Crippen LogP contribution in [0.5, 0.6) is 0 Å². The molecule has 10 heteroatoms. The normalized spacial score (nSPS) is 12.4. The van der Waals surface area contributed by atoms with Crippen molar-refractivity contribution in [1.82, 2.24) is 15.1 Å². The van der Waals surface area contributed by atoms with Gasteiger partial charge in [-0.3, -0.25) is 15.0 Å². The number of aliphatic hydroxyl groups excluding tert-OH is 2. The summed E-state index contributed by atoms with van der Waals surface area (Å²) < 4.78 is 5.51. The third-order valence-corrected chi connectivity index (χ3v) is 5.32. The maximum atomic E-state index is 12.8. The second-order valence-corrected chi connectivity index (χ2v) is 8.42. The first kappa shape index (κ1) is 25.2. The number of urea groups is 1. The summed E-state index contributed by atoms with van der Waals surface area (Å²) in [6.45, 7) is 2.00. The van der Waals surface area contributed by atoms with Crippen molar-refractivity contribution < 1.29 is 24.2 Å². The van der Waals surface area contributed by atoms with E-state index in [9.17, 15) is 19.8 Å². The van der Waals surface area contributed by atoms with Crippen molar-refractivity contribution in [3.05, 3.63) is 64.9 Å². The Morgan fingerprint density at radius 3 is 2.59 bits per heavy atom. The molecule has 0 aliphatic rings. The van der Waals surface area contributed by atoms with Crippen LogP contribution in [0.15, 0.2) is 57.9 Å². The molecule has 1 heterocycles. The molecule has 3 aromatic rings. The molecule has 0 spiro atoms. The molecule has 0 radical (unpaired) electrons. The van der Waals surface area contributed by atoms with Gasteiger partial charge in [-0.1, -0.05) is 30.7 Å². The predicted octanol–water partition coefficient (Wildman–Crippen LogP) is 3.49. The average Bonchev–Trinajstić information content (AvgIpc) is 3.25. The van der Waals surface area contributed by atoms with Crippen molar-refractivity contribution in [2.45, 2.75) is 20.1 Å². The van der Waals surface area contributed by atoms with Gasteiger partial charge in [-0.05, 0) is 47.9 Å². The lowest BCUT2D eigenvalue weighted by atomic mass is 10.2. The number of hydrogen-bond acceptors (Lipinski definition) is 6. The second-order valence-electron chi connectivity index (χ2n) is 7.99. The minimum Gasteiger partial charge on any atom is -0.459 e. The number of halogens is 1. The smallest absolute Gasteiger partial charge is 0.323 e. The highest BCUT2D eigenvalue weighted by Crippen LogP contribution is 2.25. The number of carbonyl (C=O) groups excluding carboxylic acids is 2. The largest absolute Gasteiger partial charge is 0.459 e. The fraction of sp³-hybridized carbons (Fsp3) is 0.292. The van der Waals surface area contributed by atoms with Gasteiger partial charge >= 0.3 is 6.03 Å². The highest BCUT2D eigenvalue weighted by molar-refractivity contribution is 6.30. The van der Waals surface area contributed by atoms with Crippen molar-refractivity contribution in [3.8, 4) is 0 Å². The lowest BCUT2D eigenvalue weighted by Gasteiger charge is -2.25. The van der Waals surface area contributed by atoms with E-state index in [-0.39, 0.29) is 31.6 Å². The van der Waals surface area contributed by atoms with E-state index in [2.05, 4.69) is 10.3 Å². The summed E-state index contributed by atoms with van der Waals surface area (Å²) in [6, 6.07) is 13.3. The number of fused-ring (bicyclic) bond motifs is 1. The first-order valence-corrected chi connectivity index (χ1v) is 11.0. The molecule has 1 unspecified atom stereocenters. The van der Waals surface area contributed by atoms with Crippen molar-refractivity contribution in [2.24, 2.45) is 10.9 Å². The Labute approximate surface area is 202 Å². The van der Waals surface area contributed by atoms with Crippen LogP contribution in [0.2, 0.25) is 5.02 Å². The van der Waals surface area contributed by atoms with Gasteiger partial charge in [0.05, 0.1) is 12.2 Å². The number of hydrogen-bond donors (Lipinski definition) is 3. The zero-order valence-electron chi connectivity index (χ0n) is 18.9. The lowest BCUT2D eigenvalue weighted by Crippen LogP contribution is -2.48. The molecule has 180 valence electrons. The Morgan fingerprint density at radius 1 is 1.21 bits per heavy atom. The van der Waals surface area contributed by atoms with Gasteiger partial charge in [-0.25, -0.2) is 9.79 Å². The Balaban J connectivity index is 1.93. The summed E-state index contributed by atoms with van der Waals surface area (Å²) in [4.78, 5) is 32.0. The summed E-state index contributed by atoms with van der Waals surface area (Å²) in [5.74, 6) is 0.335. The predicted molar refractivity (Wildman–Crippen MR) is 130 cm³/mol. The van der Waals surface area contributed by atoms with Crippen LogP contribution < -0.4 is 5.32 Å². The Kier molecular flexibility index (Phi) is 8.64. The van der Waals surface area contributed by atoms with Gasteiger partial charge in [0, 0.05) is 30.6 Å². The second kappa shape index (κ2) is 11.6. The summed E-state index contributed by atoms with van der Waals surface area (Å²) in [6.07, 6.45) is 0.588. The first-order chi connectivity index (χ1) is 16.3. The van der Waals surface area contributed by atoms with Crippen LogP contribution in [0.25, 0.3) is 11.0 Å². The maximum absolute atomic E-state index is 12.8. The highest BCUT2D eigenvalue weighted by Gasteiger charge is 2.19. The minimum absolute atomic E-state index is 0.0312. The van der Waals surface area contributed by atoms with E-state index in [0.717, 1.165) is 10.9 Å². The number of carbonyl (C=O) groups is 2. The van der Waals surface area contributed by atoms with Gasteiger partial charge in [-0.15, -0.1) is 0 Å². The molecule has 0 saturated carbocycles. The maximum Gasteiger partial charge on any atom is 0.323 e. The third kappa shape index (κ3) is 6.57. The molecule has 0 saturated heterocycles. The van der Waals surface area contributed by atoms with E-state index in [0.29, 0.717) is 35.0 Å². The Hall–Kier alpha value is -3.40. The first-order valence-electron chi connectivity index (χ1n) is 10.6. The molecule has 0 fully saturated rings. The number of aliphatic hydroxyl groups is 2. The molecule has 1 atom stereocenters. The SMILES string of the molecule is CC(CO)CN(C)C(=O)NC(=Nc1ccc2oc(CO)cc2c1)N(C=O)Cc1ccc(Cl)cc1.